The Balaban J connectivity index is 1.77. The van der Waals surface area contributed by atoms with Gasteiger partial charge in [0.25, 0.3) is 0 Å². The number of sulfone groups is 1. The van der Waals surface area contributed by atoms with Crippen LogP contribution in [0.2, 0.25) is 0 Å². The summed E-state index contributed by atoms with van der Waals surface area (Å²) in [4.78, 5) is 12.1. The molecule has 0 atom stereocenters. The second kappa shape index (κ2) is 7.92. The maximum atomic E-state index is 12.1. The van der Waals surface area contributed by atoms with Crippen LogP contribution in [0.1, 0.15) is 17.5 Å². The van der Waals surface area contributed by atoms with Gasteiger partial charge in [-0.05, 0) is 31.0 Å². The first kappa shape index (κ1) is 17.2. The molecule has 1 amide bonds. The fourth-order valence-electron chi connectivity index (χ4n) is 2.28. The van der Waals surface area contributed by atoms with Crippen molar-refractivity contribution < 1.29 is 13.2 Å². The number of carbonyl (C=O) groups is 1. The predicted octanol–water partition coefficient (Wildman–Crippen LogP) is 2.52. The zero-order chi connectivity index (χ0) is 16.7. The van der Waals surface area contributed by atoms with Gasteiger partial charge in [0.05, 0.1) is 10.6 Å². The fraction of sp³-hybridized carbons (Fsp3) is 0.278. The van der Waals surface area contributed by atoms with Crippen LogP contribution in [0.3, 0.4) is 0 Å². The van der Waals surface area contributed by atoms with Crippen molar-refractivity contribution in [3.05, 3.63) is 65.7 Å². The molecule has 2 rings (SSSR count). The molecule has 0 saturated heterocycles. The number of carbonyl (C=O) groups excluding carboxylic acids is 1. The Bertz CT molecular complexity index is 755. The van der Waals surface area contributed by atoms with E-state index in [2.05, 4.69) is 5.32 Å². The maximum Gasteiger partial charge on any atom is 0.220 e. The van der Waals surface area contributed by atoms with Crippen molar-refractivity contribution in [2.75, 3.05) is 12.3 Å². The Morgan fingerprint density at radius 1 is 1.04 bits per heavy atom. The molecule has 0 saturated carbocycles. The van der Waals surface area contributed by atoms with Gasteiger partial charge in [0.2, 0.25) is 5.91 Å². The van der Waals surface area contributed by atoms with E-state index in [0.717, 1.165) is 11.1 Å². The van der Waals surface area contributed by atoms with Crippen molar-refractivity contribution in [3.63, 3.8) is 0 Å². The van der Waals surface area contributed by atoms with E-state index >= 15 is 0 Å². The van der Waals surface area contributed by atoms with Crippen molar-refractivity contribution in [1.82, 2.24) is 5.32 Å². The first-order chi connectivity index (χ1) is 11.0. The van der Waals surface area contributed by atoms with Gasteiger partial charge in [0.1, 0.15) is 0 Å². The smallest absolute Gasteiger partial charge is 0.220 e. The third-order valence-corrected chi connectivity index (χ3v) is 5.25. The summed E-state index contributed by atoms with van der Waals surface area (Å²) in [5, 5.41) is 2.68. The summed E-state index contributed by atoms with van der Waals surface area (Å²) in [6.07, 6.45) is 1.01. The molecule has 0 fully saturated rings. The normalized spacial score (nSPS) is 11.2. The molecule has 0 aliphatic heterocycles. The van der Waals surface area contributed by atoms with Crippen LogP contribution < -0.4 is 5.32 Å². The third kappa shape index (κ3) is 5.53. The predicted molar refractivity (Wildman–Crippen MR) is 91.0 cm³/mol. The summed E-state index contributed by atoms with van der Waals surface area (Å²) in [6, 6.07) is 16.3. The summed E-state index contributed by atoms with van der Waals surface area (Å²) in [7, 11) is -3.34. The average Bonchev–Trinajstić information content (AvgIpc) is 2.54. The minimum absolute atomic E-state index is 0.0901. The van der Waals surface area contributed by atoms with Crippen LogP contribution in [0.4, 0.5) is 0 Å². The van der Waals surface area contributed by atoms with Gasteiger partial charge in [-0.3, -0.25) is 4.79 Å². The van der Waals surface area contributed by atoms with Gasteiger partial charge in [0, 0.05) is 13.0 Å². The van der Waals surface area contributed by atoms with Crippen molar-refractivity contribution in [2.45, 2.75) is 24.7 Å². The number of amides is 1. The number of hydrogen-bond donors (Lipinski definition) is 1. The molecular formula is C18H21NO3S. The molecule has 0 unspecified atom stereocenters. The van der Waals surface area contributed by atoms with Crippen LogP contribution in [0, 0.1) is 6.92 Å². The van der Waals surface area contributed by atoms with Crippen molar-refractivity contribution in [3.8, 4) is 0 Å². The Labute approximate surface area is 137 Å². The second-order valence-electron chi connectivity index (χ2n) is 5.47. The molecule has 0 spiro atoms. The zero-order valence-electron chi connectivity index (χ0n) is 13.2. The minimum Gasteiger partial charge on any atom is -0.355 e. The molecular weight excluding hydrogens is 310 g/mol. The van der Waals surface area contributed by atoms with Crippen molar-refractivity contribution in [1.29, 1.82) is 0 Å². The quantitative estimate of drug-likeness (QED) is 0.848. The van der Waals surface area contributed by atoms with Crippen molar-refractivity contribution >= 4 is 15.7 Å². The molecule has 0 aliphatic carbocycles. The van der Waals surface area contributed by atoms with Gasteiger partial charge in [-0.1, -0.05) is 48.0 Å². The Kier molecular flexibility index (Phi) is 5.93. The molecule has 2 aromatic rings. The average molecular weight is 331 g/mol. The van der Waals surface area contributed by atoms with Crippen LogP contribution in [-0.4, -0.2) is 26.6 Å². The highest BCUT2D eigenvalue weighted by atomic mass is 32.2. The molecule has 0 heterocycles. The first-order valence-electron chi connectivity index (χ1n) is 7.57. The summed E-state index contributed by atoms with van der Waals surface area (Å²) in [5.74, 6) is -0.220. The SMILES string of the molecule is Cc1cccc(CCC(=O)NCCS(=O)(=O)c2ccccc2)c1. The van der Waals surface area contributed by atoms with Gasteiger partial charge in [-0.2, -0.15) is 0 Å². The lowest BCUT2D eigenvalue weighted by atomic mass is 10.1. The summed E-state index contributed by atoms with van der Waals surface area (Å²) in [6.45, 7) is 2.14. The molecule has 0 aromatic heterocycles. The van der Waals surface area contributed by atoms with E-state index in [0.29, 0.717) is 12.8 Å². The van der Waals surface area contributed by atoms with Gasteiger partial charge in [-0.15, -0.1) is 0 Å². The van der Waals surface area contributed by atoms with Crippen LogP contribution in [0.5, 0.6) is 0 Å². The fourth-order valence-corrected chi connectivity index (χ4v) is 3.46. The van der Waals surface area contributed by atoms with E-state index in [1.54, 1.807) is 30.3 Å². The highest BCUT2D eigenvalue weighted by Crippen LogP contribution is 2.09. The molecule has 122 valence electrons. The number of benzene rings is 2. The van der Waals surface area contributed by atoms with E-state index < -0.39 is 9.84 Å². The Morgan fingerprint density at radius 3 is 2.48 bits per heavy atom. The lowest BCUT2D eigenvalue weighted by Crippen LogP contribution is -2.29. The number of rotatable bonds is 7. The molecule has 2 aromatic carbocycles. The van der Waals surface area contributed by atoms with E-state index in [9.17, 15) is 13.2 Å². The van der Waals surface area contributed by atoms with Crippen LogP contribution in [0.15, 0.2) is 59.5 Å². The molecule has 0 radical (unpaired) electrons. The Hall–Kier alpha value is -2.14. The summed E-state index contributed by atoms with van der Waals surface area (Å²) >= 11 is 0. The largest absolute Gasteiger partial charge is 0.355 e. The lowest BCUT2D eigenvalue weighted by Gasteiger charge is -2.07. The topological polar surface area (TPSA) is 63.2 Å². The van der Waals surface area contributed by atoms with Gasteiger partial charge in [-0.25, -0.2) is 8.42 Å². The highest BCUT2D eigenvalue weighted by Gasteiger charge is 2.13. The molecule has 1 N–H and O–H groups in total. The van der Waals surface area contributed by atoms with Gasteiger partial charge >= 0.3 is 0 Å². The molecule has 23 heavy (non-hydrogen) atoms. The zero-order valence-corrected chi connectivity index (χ0v) is 14.0. The van der Waals surface area contributed by atoms with E-state index in [1.807, 2.05) is 31.2 Å². The van der Waals surface area contributed by atoms with Gasteiger partial charge < -0.3 is 5.32 Å². The highest BCUT2D eigenvalue weighted by molar-refractivity contribution is 7.91. The maximum absolute atomic E-state index is 12.1. The van der Waals surface area contributed by atoms with Gasteiger partial charge in [0.15, 0.2) is 9.84 Å². The summed E-state index contributed by atoms with van der Waals surface area (Å²) in [5.41, 5.74) is 2.27. The Morgan fingerprint density at radius 2 is 1.78 bits per heavy atom. The van der Waals surface area contributed by atoms with Crippen molar-refractivity contribution in [2.24, 2.45) is 0 Å². The molecule has 5 heteroatoms. The number of aryl methyl sites for hydroxylation is 2. The molecule has 0 aliphatic rings. The standard InChI is InChI=1S/C18H21NO3S/c1-15-6-5-7-16(14-15)10-11-18(20)19-12-13-23(21,22)17-8-3-2-4-9-17/h2-9,14H,10-13H2,1H3,(H,19,20). The second-order valence-corrected chi connectivity index (χ2v) is 7.58. The van der Waals surface area contributed by atoms with E-state index in [4.69, 9.17) is 0 Å². The first-order valence-corrected chi connectivity index (χ1v) is 9.23. The van der Waals surface area contributed by atoms with E-state index in [1.165, 1.54) is 0 Å². The monoisotopic (exact) mass is 331 g/mol. The van der Waals surface area contributed by atoms with Crippen LogP contribution in [-0.2, 0) is 21.1 Å². The lowest BCUT2D eigenvalue weighted by molar-refractivity contribution is -0.120. The minimum atomic E-state index is -3.34. The molecule has 0 bridgehead atoms. The third-order valence-electron chi connectivity index (χ3n) is 3.52. The number of hydrogen-bond acceptors (Lipinski definition) is 3. The van der Waals surface area contributed by atoms with Crippen LogP contribution >= 0.6 is 0 Å². The molecule has 4 nitrogen and oxygen atoms in total. The van der Waals surface area contributed by atoms with E-state index in [-0.39, 0.29) is 23.1 Å². The summed E-state index contributed by atoms with van der Waals surface area (Å²) < 4.78 is 24.2. The van der Waals surface area contributed by atoms with Crippen LogP contribution in [0.25, 0.3) is 0 Å². The number of nitrogens with one attached hydrogen (secondary N) is 1.